The van der Waals surface area contributed by atoms with Gasteiger partial charge < -0.3 is 0 Å². The number of halogens is 1. The van der Waals surface area contributed by atoms with Gasteiger partial charge in [0.1, 0.15) is 0 Å². The molecule has 0 saturated carbocycles. The average Bonchev–Trinajstić information content (AvgIpc) is 1.35. The largest absolute Gasteiger partial charge is 0.169 e. The van der Waals surface area contributed by atoms with Crippen LogP contribution in [0.3, 0.4) is 0 Å². The lowest BCUT2D eigenvalue weighted by atomic mass is 11.8. The zero-order chi connectivity index (χ0) is 5.21. The summed E-state index contributed by atoms with van der Waals surface area (Å²) in [6, 6.07) is 0. The molecule has 0 aromatic heterocycles. The van der Waals surface area contributed by atoms with Crippen LogP contribution in [0, 0.1) is 0 Å². The summed E-state index contributed by atoms with van der Waals surface area (Å²) >= 11 is 4.01. The van der Waals surface area contributed by atoms with E-state index in [0.717, 1.165) is 5.08 Å². The molecule has 0 aliphatic rings. The summed E-state index contributed by atoms with van der Waals surface area (Å²) in [5, 5.41) is 0.814. The molecule has 0 unspecified atom stereocenters. The summed E-state index contributed by atoms with van der Waals surface area (Å²) in [6.45, 7) is 0. The van der Waals surface area contributed by atoms with E-state index in [2.05, 4.69) is 12.6 Å². The summed E-state index contributed by atoms with van der Waals surface area (Å²) in [5.74, 6) is 0. The van der Waals surface area contributed by atoms with Crippen LogP contribution in [0.4, 0.5) is 0 Å². The molecular formula is C3H9ClS2. The van der Waals surface area contributed by atoms with Crippen LogP contribution in [0.2, 0.25) is 0 Å². The van der Waals surface area contributed by atoms with Gasteiger partial charge in [0.15, 0.2) is 0 Å². The van der Waals surface area contributed by atoms with E-state index in [4.69, 9.17) is 10.7 Å². The Balaban J connectivity index is 3.17. The average molecular weight is 145 g/mol. The first-order valence-corrected chi connectivity index (χ1v) is 5.65. The van der Waals surface area contributed by atoms with Gasteiger partial charge in [0, 0.05) is 5.08 Å². The third-order valence-electron chi connectivity index (χ3n) is 0.307. The predicted octanol–water partition coefficient (Wildman–Crippen LogP) is 2.09. The molecule has 0 saturated heterocycles. The topological polar surface area (TPSA) is 0 Å². The van der Waals surface area contributed by atoms with Crippen LogP contribution >= 0.6 is 32.6 Å². The second-order valence-electron chi connectivity index (χ2n) is 1.53. The summed E-state index contributed by atoms with van der Waals surface area (Å²) in [4.78, 5) is 0. The van der Waals surface area contributed by atoms with Gasteiger partial charge in [-0.25, -0.2) is 0 Å². The molecule has 0 rings (SSSR count). The highest BCUT2D eigenvalue weighted by Gasteiger charge is 1.99. The molecule has 0 amide bonds. The molecule has 0 N–H and O–H groups in total. The molecule has 40 valence electrons. The lowest BCUT2D eigenvalue weighted by Gasteiger charge is -2.16. The summed E-state index contributed by atoms with van der Waals surface area (Å²) in [5.41, 5.74) is 0. The van der Waals surface area contributed by atoms with Crippen molar-refractivity contribution in [3.8, 4) is 0 Å². The van der Waals surface area contributed by atoms with Gasteiger partial charge in [0.05, 0.1) is 0 Å². The van der Waals surface area contributed by atoms with E-state index in [1.807, 2.05) is 12.5 Å². The van der Waals surface area contributed by atoms with Gasteiger partial charge in [0.2, 0.25) is 0 Å². The minimum atomic E-state index is -0.826. The molecule has 6 heavy (non-hydrogen) atoms. The molecule has 0 fully saturated rings. The Labute approximate surface area is 50.5 Å². The highest BCUT2D eigenvalue weighted by atomic mass is 35.7. The van der Waals surface area contributed by atoms with Crippen LogP contribution in [0.25, 0.3) is 0 Å². The number of hydrogen-bond acceptors (Lipinski definition) is 1. The predicted molar refractivity (Wildman–Crippen MR) is 39.1 cm³/mol. The Bertz CT molecular complexity index is 38.5. The second kappa shape index (κ2) is 2.34. The zero-order valence-corrected chi connectivity index (χ0v) is 6.41. The molecule has 3 heteroatoms. The molecule has 0 aromatic rings. The Morgan fingerprint density at radius 2 is 1.83 bits per heavy atom. The quantitative estimate of drug-likeness (QED) is 0.536. The van der Waals surface area contributed by atoms with E-state index in [9.17, 15) is 0 Å². The zero-order valence-electron chi connectivity index (χ0n) is 3.94. The maximum atomic E-state index is 5.72. The van der Waals surface area contributed by atoms with Gasteiger partial charge in [0.25, 0.3) is 0 Å². The van der Waals surface area contributed by atoms with Crippen molar-refractivity contribution < 1.29 is 0 Å². The molecule has 0 spiro atoms. The summed E-state index contributed by atoms with van der Waals surface area (Å²) < 4.78 is 0. The van der Waals surface area contributed by atoms with Crippen molar-refractivity contribution in [3.05, 3.63) is 0 Å². The van der Waals surface area contributed by atoms with Crippen molar-refractivity contribution in [2.24, 2.45) is 0 Å². The molecule has 0 nitrogen and oxygen atoms in total. The molecule has 0 atom stereocenters. The number of rotatable bonds is 1. The minimum absolute atomic E-state index is 0.814. The van der Waals surface area contributed by atoms with Crippen LogP contribution in [0.5, 0.6) is 0 Å². The first kappa shape index (κ1) is 6.99. The SMILES string of the molecule is CS(C)(Cl)CS. The van der Waals surface area contributed by atoms with Crippen molar-refractivity contribution in [1.29, 1.82) is 0 Å². The van der Waals surface area contributed by atoms with E-state index in [1.54, 1.807) is 0 Å². The standard InChI is InChI=1S/C3H9ClS2/c1-6(2,4)3-5/h5H,3H2,1-2H3. The Morgan fingerprint density at radius 1 is 1.67 bits per heavy atom. The molecule has 0 aromatic carbocycles. The van der Waals surface area contributed by atoms with Gasteiger partial charge in [-0.2, -0.15) is 21.9 Å². The fraction of sp³-hybridized carbons (Fsp3) is 1.00. The smallest absolute Gasteiger partial charge is 0.0323 e. The Hall–Kier alpha value is 0.990. The lowest BCUT2D eigenvalue weighted by Crippen LogP contribution is -1.82. The van der Waals surface area contributed by atoms with Gasteiger partial charge in [-0.3, -0.25) is 0 Å². The number of hydrogen-bond donors (Lipinski definition) is 1. The first-order valence-electron chi connectivity index (χ1n) is 1.58. The van der Waals surface area contributed by atoms with E-state index in [0.29, 0.717) is 0 Å². The van der Waals surface area contributed by atoms with Gasteiger partial charge in [-0.15, -0.1) is 0 Å². The third-order valence-corrected chi connectivity index (χ3v) is 3.64. The monoisotopic (exact) mass is 144 g/mol. The maximum absolute atomic E-state index is 5.72. The summed E-state index contributed by atoms with van der Waals surface area (Å²) in [6.07, 6.45) is 4.03. The minimum Gasteiger partial charge on any atom is -0.169 e. The molecule has 0 radical (unpaired) electrons. The normalized spacial score (nSPS) is 14.7. The molecule has 0 aliphatic carbocycles. The van der Waals surface area contributed by atoms with Gasteiger partial charge in [-0.05, 0) is 12.5 Å². The van der Waals surface area contributed by atoms with Crippen LogP contribution in [-0.4, -0.2) is 17.6 Å². The number of thiol groups is 1. The Morgan fingerprint density at radius 3 is 1.83 bits per heavy atom. The van der Waals surface area contributed by atoms with Crippen LogP contribution in [0.1, 0.15) is 0 Å². The highest BCUT2D eigenvalue weighted by Crippen LogP contribution is 2.45. The van der Waals surface area contributed by atoms with Crippen LogP contribution in [0.15, 0.2) is 0 Å². The van der Waals surface area contributed by atoms with E-state index in [1.165, 1.54) is 0 Å². The van der Waals surface area contributed by atoms with Crippen molar-refractivity contribution in [3.63, 3.8) is 0 Å². The Kier molecular flexibility index (Phi) is 2.72. The highest BCUT2D eigenvalue weighted by molar-refractivity contribution is 8.53. The van der Waals surface area contributed by atoms with Crippen LogP contribution < -0.4 is 0 Å². The maximum Gasteiger partial charge on any atom is 0.0323 e. The molecule has 0 heterocycles. The van der Waals surface area contributed by atoms with Gasteiger partial charge in [-0.1, -0.05) is 10.7 Å². The second-order valence-corrected chi connectivity index (χ2v) is 7.88. The van der Waals surface area contributed by atoms with Crippen LogP contribution in [-0.2, 0) is 0 Å². The lowest BCUT2D eigenvalue weighted by molar-refractivity contribution is 2.11. The van der Waals surface area contributed by atoms with E-state index >= 15 is 0 Å². The van der Waals surface area contributed by atoms with E-state index in [-0.39, 0.29) is 0 Å². The van der Waals surface area contributed by atoms with Gasteiger partial charge >= 0.3 is 0 Å². The summed E-state index contributed by atoms with van der Waals surface area (Å²) in [7, 11) is 4.90. The fourth-order valence-electron chi connectivity index (χ4n) is 0. The third kappa shape index (κ3) is 4.99. The molecular weight excluding hydrogens is 136 g/mol. The first-order chi connectivity index (χ1) is 2.56. The van der Waals surface area contributed by atoms with Crippen molar-refractivity contribution >= 4 is 32.6 Å². The van der Waals surface area contributed by atoms with E-state index < -0.39 is 9.24 Å². The molecule has 0 bridgehead atoms. The molecule has 0 aliphatic heterocycles. The fourth-order valence-corrected chi connectivity index (χ4v) is 0. The van der Waals surface area contributed by atoms with Crippen molar-refractivity contribution in [1.82, 2.24) is 0 Å². The van der Waals surface area contributed by atoms with Crippen molar-refractivity contribution in [2.75, 3.05) is 17.6 Å². The van der Waals surface area contributed by atoms with Crippen molar-refractivity contribution in [2.45, 2.75) is 0 Å².